The van der Waals surface area contributed by atoms with Gasteiger partial charge in [-0.15, -0.1) is 11.3 Å². The molecule has 3 rings (SSSR count). The summed E-state index contributed by atoms with van der Waals surface area (Å²) in [5.41, 5.74) is -0.494. The molecule has 2 aromatic heterocycles. The Morgan fingerprint density at radius 1 is 1.43 bits per heavy atom. The molecule has 1 fully saturated rings. The maximum atomic E-state index is 12.8. The quantitative estimate of drug-likeness (QED) is 0.905. The Balaban J connectivity index is 1.96. The number of thiophene rings is 1. The highest BCUT2D eigenvalue weighted by Gasteiger charge is 2.38. The first-order chi connectivity index (χ1) is 9.98. The molecule has 0 saturated heterocycles. The van der Waals surface area contributed by atoms with Crippen LogP contribution in [-0.2, 0) is 16.6 Å². The Morgan fingerprint density at radius 3 is 2.76 bits per heavy atom. The summed E-state index contributed by atoms with van der Waals surface area (Å²) >= 11 is 7.26. The van der Waals surface area contributed by atoms with Crippen molar-refractivity contribution in [3.8, 4) is 0 Å². The van der Waals surface area contributed by atoms with Crippen molar-refractivity contribution >= 4 is 33.0 Å². The van der Waals surface area contributed by atoms with E-state index in [1.54, 1.807) is 0 Å². The van der Waals surface area contributed by atoms with Gasteiger partial charge in [0.1, 0.15) is 5.02 Å². The number of aromatic amines is 1. The Bertz CT molecular complexity index is 795. The molecule has 112 valence electrons. The molecular weight excluding hydrogens is 332 g/mol. The van der Waals surface area contributed by atoms with Gasteiger partial charge in [0.15, 0.2) is 0 Å². The van der Waals surface area contributed by atoms with Gasteiger partial charge in [-0.1, -0.05) is 17.7 Å². The van der Waals surface area contributed by atoms with Crippen molar-refractivity contribution in [2.45, 2.75) is 30.3 Å². The van der Waals surface area contributed by atoms with Crippen LogP contribution in [0.4, 0.5) is 0 Å². The molecule has 0 radical (unpaired) electrons. The molecule has 1 aliphatic rings. The molecule has 0 bridgehead atoms. The molecule has 1 N–H and O–H groups in total. The average Bonchev–Trinajstić information content (AvgIpc) is 3.15. The zero-order valence-corrected chi connectivity index (χ0v) is 13.3. The lowest BCUT2D eigenvalue weighted by Gasteiger charge is -2.21. The second-order valence-electron chi connectivity index (χ2n) is 4.87. The molecule has 21 heavy (non-hydrogen) atoms. The predicted molar refractivity (Wildman–Crippen MR) is 82.1 cm³/mol. The van der Waals surface area contributed by atoms with E-state index in [1.165, 1.54) is 27.9 Å². The lowest BCUT2D eigenvalue weighted by atomic mass is 10.4. The topological polar surface area (TPSA) is 70.2 Å². The van der Waals surface area contributed by atoms with Gasteiger partial charge >= 0.3 is 0 Å². The van der Waals surface area contributed by atoms with E-state index < -0.39 is 15.6 Å². The number of aromatic nitrogens is 1. The second kappa shape index (κ2) is 5.57. The molecule has 0 spiro atoms. The van der Waals surface area contributed by atoms with Crippen LogP contribution in [0.25, 0.3) is 0 Å². The number of H-pyrrole nitrogens is 1. The highest BCUT2D eigenvalue weighted by Crippen LogP contribution is 2.34. The standard InChI is InChI=1S/C13H13ClN2O3S2/c14-12-6-11(7-15-13(12)17)21(18,19)16(9-3-4-9)8-10-2-1-5-20-10/h1-2,5-7,9H,3-4,8H2,(H,15,17). The van der Waals surface area contributed by atoms with Crippen molar-refractivity contribution in [1.82, 2.24) is 9.29 Å². The lowest BCUT2D eigenvalue weighted by molar-refractivity contribution is 0.401. The van der Waals surface area contributed by atoms with E-state index in [1.807, 2.05) is 17.5 Å². The van der Waals surface area contributed by atoms with Gasteiger partial charge in [-0.3, -0.25) is 4.79 Å². The summed E-state index contributed by atoms with van der Waals surface area (Å²) in [6, 6.07) is 5.05. The monoisotopic (exact) mass is 344 g/mol. The van der Waals surface area contributed by atoms with E-state index >= 15 is 0 Å². The summed E-state index contributed by atoms with van der Waals surface area (Å²) in [4.78, 5) is 14.6. The summed E-state index contributed by atoms with van der Waals surface area (Å²) in [6.07, 6.45) is 2.93. The first-order valence-electron chi connectivity index (χ1n) is 6.41. The average molecular weight is 345 g/mol. The lowest BCUT2D eigenvalue weighted by Crippen LogP contribution is -2.32. The molecule has 0 aromatic carbocycles. The van der Waals surface area contributed by atoms with E-state index in [-0.39, 0.29) is 16.0 Å². The maximum Gasteiger partial charge on any atom is 0.266 e. The van der Waals surface area contributed by atoms with Gasteiger partial charge in [-0.05, 0) is 30.4 Å². The number of nitrogens with zero attached hydrogens (tertiary/aromatic N) is 1. The van der Waals surface area contributed by atoms with Gasteiger partial charge in [0.05, 0.1) is 4.90 Å². The molecule has 5 nitrogen and oxygen atoms in total. The molecule has 1 saturated carbocycles. The fourth-order valence-corrected chi connectivity index (χ4v) is 4.73. The van der Waals surface area contributed by atoms with Crippen LogP contribution < -0.4 is 5.56 Å². The van der Waals surface area contributed by atoms with Gasteiger partial charge in [0.2, 0.25) is 10.0 Å². The van der Waals surface area contributed by atoms with Crippen LogP contribution in [-0.4, -0.2) is 23.7 Å². The van der Waals surface area contributed by atoms with Crippen molar-refractivity contribution in [1.29, 1.82) is 0 Å². The van der Waals surface area contributed by atoms with Crippen molar-refractivity contribution in [2.24, 2.45) is 0 Å². The van der Waals surface area contributed by atoms with E-state index in [0.717, 1.165) is 17.7 Å². The van der Waals surface area contributed by atoms with Crippen molar-refractivity contribution < 1.29 is 8.42 Å². The maximum absolute atomic E-state index is 12.8. The summed E-state index contributed by atoms with van der Waals surface area (Å²) in [6.45, 7) is 0.349. The van der Waals surface area contributed by atoms with Crippen LogP contribution in [0.15, 0.2) is 39.5 Å². The van der Waals surface area contributed by atoms with E-state index in [0.29, 0.717) is 6.54 Å². The number of hydrogen-bond acceptors (Lipinski definition) is 4. The second-order valence-corrected chi connectivity index (χ2v) is 8.20. The minimum absolute atomic E-state index is 0.0237. The number of pyridine rings is 1. The zero-order chi connectivity index (χ0) is 15.0. The van der Waals surface area contributed by atoms with E-state index in [9.17, 15) is 13.2 Å². The van der Waals surface area contributed by atoms with Crippen LogP contribution in [0.1, 0.15) is 17.7 Å². The zero-order valence-electron chi connectivity index (χ0n) is 11.0. The summed E-state index contributed by atoms with van der Waals surface area (Å²) in [5, 5.41) is 1.80. The number of nitrogens with one attached hydrogen (secondary N) is 1. The third-order valence-electron chi connectivity index (χ3n) is 3.28. The Morgan fingerprint density at radius 2 is 2.19 bits per heavy atom. The molecular formula is C13H13ClN2O3S2. The Hall–Kier alpha value is -1.15. The van der Waals surface area contributed by atoms with E-state index in [4.69, 9.17) is 11.6 Å². The SMILES string of the molecule is O=c1[nH]cc(S(=O)(=O)N(Cc2cccs2)C2CC2)cc1Cl. The number of rotatable bonds is 5. The van der Waals surface area contributed by atoms with Crippen LogP contribution in [0.5, 0.6) is 0 Å². The molecule has 0 atom stereocenters. The summed E-state index contributed by atoms with van der Waals surface area (Å²) < 4.78 is 27.0. The Kier molecular flexibility index (Phi) is 3.92. The highest BCUT2D eigenvalue weighted by atomic mass is 35.5. The van der Waals surface area contributed by atoms with Gasteiger partial charge in [-0.25, -0.2) is 8.42 Å². The molecule has 0 aliphatic heterocycles. The molecule has 0 unspecified atom stereocenters. The first kappa shape index (κ1) is 14.8. The highest BCUT2D eigenvalue weighted by molar-refractivity contribution is 7.89. The van der Waals surface area contributed by atoms with E-state index in [2.05, 4.69) is 4.98 Å². The molecule has 2 heterocycles. The van der Waals surface area contributed by atoms with Crippen LogP contribution >= 0.6 is 22.9 Å². The number of halogens is 1. The Labute approximate surface area is 131 Å². The summed E-state index contributed by atoms with van der Waals surface area (Å²) in [7, 11) is -3.67. The fraction of sp³-hybridized carbons (Fsp3) is 0.308. The molecule has 0 amide bonds. The smallest absolute Gasteiger partial charge is 0.266 e. The van der Waals surface area contributed by atoms with Crippen LogP contribution in [0.3, 0.4) is 0 Å². The number of sulfonamides is 1. The van der Waals surface area contributed by atoms with Crippen LogP contribution in [0, 0.1) is 0 Å². The normalized spacial score (nSPS) is 15.5. The molecule has 1 aliphatic carbocycles. The summed E-state index contributed by atoms with van der Waals surface area (Å²) in [5.74, 6) is 0. The van der Waals surface area contributed by atoms with Gasteiger partial charge in [0.25, 0.3) is 5.56 Å². The van der Waals surface area contributed by atoms with Gasteiger partial charge in [-0.2, -0.15) is 4.31 Å². The predicted octanol–water partition coefficient (Wildman–Crippen LogP) is 2.44. The minimum Gasteiger partial charge on any atom is -0.326 e. The fourth-order valence-electron chi connectivity index (χ4n) is 2.05. The first-order valence-corrected chi connectivity index (χ1v) is 9.11. The molecule has 2 aromatic rings. The third-order valence-corrected chi connectivity index (χ3v) is 6.30. The largest absolute Gasteiger partial charge is 0.326 e. The van der Waals surface area contributed by atoms with Crippen molar-refractivity contribution in [3.63, 3.8) is 0 Å². The number of hydrogen-bond donors (Lipinski definition) is 1. The van der Waals surface area contributed by atoms with Gasteiger partial charge < -0.3 is 4.98 Å². The van der Waals surface area contributed by atoms with Gasteiger partial charge in [0, 0.05) is 23.7 Å². The van der Waals surface area contributed by atoms with Crippen molar-refractivity contribution in [2.75, 3.05) is 0 Å². The van der Waals surface area contributed by atoms with Crippen molar-refractivity contribution in [3.05, 3.63) is 50.0 Å². The molecule has 8 heteroatoms. The third kappa shape index (κ3) is 3.06. The van der Waals surface area contributed by atoms with Crippen LogP contribution in [0.2, 0.25) is 5.02 Å². The minimum atomic E-state index is -3.67.